The first-order valence-corrected chi connectivity index (χ1v) is 9.12. The fraction of sp³-hybridized carbons (Fsp3) is 0.875. The molecule has 0 saturated carbocycles. The maximum Gasteiger partial charge on any atom is 0.217 e. The Morgan fingerprint density at radius 1 is 0.897 bits per heavy atom. The van der Waals surface area contributed by atoms with E-state index in [0.717, 1.165) is 0 Å². The molecular weight excluding hydrogens is 394 g/mol. The summed E-state index contributed by atoms with van der Waals surface area (Å²) in [5.74, 6) is -1.04. The zero-order valence-electron chi connectivity index (χ0n) is 16.0. The van der Waals surface area contributed by atoms with Gasteiger partial charge in [-0.3, -0.25) is 9.59 Å². The lowest BCUT2D eigenvalue weighted by atomic mass is 9.94. The van der Waals surface area contributed by atoms with Gasteiger partial charge in [0.1, 0.15) is 48.9 Å². The van der Waals surface area contributed by atoms with Crippen LogP contribution >= 0.6 is 0 Å². The molecule has 0 unspecified atom stereocenters. The number of amides is 2. The molecule has 0 bridgehead atoms. The fourth-order valence-electron chi connectivity index (χ4n) is 3.44. The summed E-state index contributed by atoms with van der Waals surface area (Å²) in [4.78, 5) is 22.9. The van der Waals surface area contributed by atoms with Crippen LogP contribution in [0.3, 0.4) is 0 Å². The highest BCUT2D eigenvalue weighted by molar-refractivity contribution is 5.73. The maximum atomic E-state index is 11.5. The molecule has 0 aromatic heterocycles. The molecule has 0 spiro atoms. The highest BCUT2D eigenvalue weighted by atomic mass is 16.7. The number of carbonyl (C=O) groups excluding carboxylic acids is 2. The van der Waals surface area contributed by atoms with E-state index in [-0.39, 0.29) is 0 Å². The third-order valence-electron chi connectivity index (χ3n) is 4.85. The molecule has 2 aliphatic rings. The van der Waals surface area contributed by atoms with Crippen LogP contribution < -0.4 is 16.4 Å². The average molecular weight is 423 g/mol. The van der Waals surface area contributed by atoms with Crippen molar-refractivity contribution in [1.82, 2.24) is 10.6 Å². The van der Waals surface area contributed by atoms with Gasteiger partial charge < -0.3 is 56.1 Å². The number of hydrogen-bond acceptors (Lipinski definition) is 11. The molecule has 2 aliphatic heterocycles. The van der Waals surface area contributed by atoms with Gasteiger partial charge in [-0.25, -0.2) is 0 Å². The van der Waals surface area contributed by atoms with Crippen LogP contribution in [0.15, 0.2) is 0 Å². The summed E-state index contributed by atoms with van der Waals surface area (Å²) in [5.41, 5.74) is 5.80. The third kappa shape index (κ3) is 5.39. The van der Waals surface area contributed by atoms with Crippen molar-refractivity contribution >= 4 is 11.8 Å². The molecule has 13 heteroatoms. The van der Waals surface area contributed by atoms with E-state index in [4.69, 9.17) is 19.9 Å². The SMILES string of the molecule is CC(=O)N[C@@H]1[C@@H](O)[C@H](O[C@@H]2O[C@H](CO)[C@@H](O)[C@H](O)[C@H]2NC(C)=O)[C@@H](CO)O[C@H]1N. The van der Waals surface area contributed by atoms with Crippen molar-refractivity contribution in [3.05, 3.63) is 0 Å². The number of hydrogen-bond donors (Lipinski definition) is 8. The molecule has 2 heterocycles. The first-order valence-electron chi connectivity index (χ1n) is 9.12. The Labute approximate surface area is 166 Å². The van der Waals surface area contributed by atoms with E-state index in [0.29, 0.717) is 0 Å². The van der Waals surface area contributed by atoms with Gasteiger partial charge in [-0.1, -0.05) is 0 Å². The van der Waals surface area contributed by atoms with Crippen LogP contribution in [0.5, 0.6) is 0 Å². The first-order chi connectivity index (χ1) is 13.6. The van der Waals surface area contributed by atoms with E-state index in [2.05, 4.69) is 10.6 Å². The normalized spacial score (nSPS) is 42.9. The highest BCUT2D eigenvalue weighted by Gasteiger charge is 2.50. The topological polar surface area (TPSA) is 213 Å². The summed E-state index contributed by atoms with van der Waals surface area (Å²) in [6.45, 7) is 1.13. The van der Waals surface area contributed by atoms with Gasteiger partial charge in [0.05, 0.1) is 19.3 Å². The summed E-state index contributed by atoms with van der Waals surface area (Å²) in [7, 11) is 0. The monoisotopic (exact) mass is 423 g/mol. The average Bonchev–Trinajstić information content (AvgIpc) is 2.65. The smallest absolute Gasteiger partial charge is 0.217 e. The van der Waals surface area contributed by atoms with E-state index in [1.807, 2.05) is 0 Å². The van der Waals surface area contributed by atoms with Crippen LogP contribution in [0.25, 0.3) is 0 Å². The predicted molar refractivity (Wildman–Crippen MR) is 93.8 cm³/mol. The van der Waals surface area contributed by atoms with Crippen molar-refractivity contribution in [2.75, 3.05) is 13.2 Å². The molecule has 0 aromatic rings. The van der Waals surface area contributed by atoms with Gasteiger partial charge in [0.15, 0.2) is 6.29 Å². The minimum absolute atomic E-state index is 0.488. The second kappa shape index (κ2) is 10.1. The van der Waals surface area contributed by atoms with Gasteiger partial charge in [-0.05, 0) is 0 Å². The van der Waals surface area contributed by atoms with Crippen molar-refractivity contribution in [3.63, 3.8) is 0 Å². The third-order valence-corrected chi connectivity index (χ3v) is 4.85. The molecule has 2 amide bonds. The molecular formula is C16H29N3O10. The lowest BCUT2D eigenvalue weighted by Gasteiger charge is -2.47. The molecule has 2 saturated heterocycles. The molecule has 2 fully saturated rings. The number of carbonyl (C=O) groups is 2. The zero-order chi connectivity index (χ0) is 21.9. The molecule has 0 aliphatic carbocycles. The summed E-state index contributed by atoms with van der Waals surface area (Å²) in [6.07, 6.45) is -10.7. The number of ether oxygens (including phenoxy) is 3. The van der Waals surface area contributed by atoms with E-state index in [1.54, 1.807) is 0 Å². The van der Waals surface area contributed by atoms with Gasteiger partial charge in [-0.2, -0.15) is 0 Å². The van der Waals surface area contributed by atoms with Crippen LogP contribution in [0.2, 0.25) is 0 Å². The number of rotatable bonds is 6. The second-order valence-corrected chi connectivity index (χ2v) is 7.07. The molecule has 10 atom stereocenters. The van der Waals surface area contributed by atoms with Gasteiger partial charge in [0.25, 0.3) is 0 Å². The van der Waals surface area contributed by atoms with Crippen molar-refractivity contribution in [2.24, 2.45) is 5.73 Å². The van der Waals surface area contributed by atoms with Gasteiger partial charge in [-0.15, -0.1) is 0 Å². The van der Waals surface area contributed by atoms with Crippen LogP contribution in [0.4, 0.5) is 0 Å². The van der Waals surface area contributed by atoms with Crippen molar-refractivity contribution in [1.29, 1.82) is 0 Å². The lowest BCUT2D eigenvalue weighted by Crippen LogP contribution is -2.70. The Bertz CT molecular complexity index is 581. The zero-order valence-corrected chi connectivity index (χ0v) is 16.0. The number of nitrogens with two attached hydrogens (primary N) is 1. The Morgan fingerprint density at radius 3 is 1.97 bits per heavy atom. The summed E-state index contributed by atoms with van der Waals surface area (Å²) in [5, 5.41) is 54.9. The Kier molecular flexibility index (Phi) is 8.28. The molecule has 2 rings (SSSR count). The summed E-state index contributed by atoms with van der Waals surface area (Å²) in [6, 6.07) is -2.33. The minimum atomic E-state index is -1.56. The Balaban J connectivity index is 2.26. The number of nitrogens with one attached hydrogen (secondary N) is 2. The standard InChI is InChI=1S/C16H29N3O10/c1-5(22)18-9-13(26)14(8(4-21)27-15(9)17)29-16-10(19-6(2)23)12(25)11(24)7(3-20)28-16/h7-16,20-21,24-26H,3-4,17H2,1-2H3,(H,18,22)(H,19,23)/t7-,8-,9-,10-,11-,12-,13-,14-,15-,16+/m1/s1. The van der Waals surface area contributed by atoms with Gasteiger partial charge in [0.2, 0.25) is 11.8 Å². The Morgan fingerprint density at radius 2 is 1.45 bits per heavy atom. The predicted octanol–water partition coefficient (Wildman–Crippen LogP) is -5.14. The summed E-state index contributed by atoms with van der Waals surface area (Å²) < 4.78 is 16.6. The summed E-state index contributed by atoms with van der Waals surface area (Å²) >= 11 is 0. The second-order valence-electron chi connectivity index (χ2n) is 7.07. The largest absolute Gasteiger partial charge is 0.394 e. The van der Waals surface area contributed by atoms with Crippen LogP contribution in [0.1, 0.15) is 13.8 Å². The molecule has 0 aromatic carbocycles. The molecule has 168 valence electrons. The fourth-order valence-corrected chi connectivity index (χ4v) is 3.44. The van der Waals surface area contributed by atoms with Gasteiger partial charge >= 0.3 is 0 Å². The quantitative estimate of drug-likeness (QED) is 0.202. The van der Waals surface area contributed by atoms with E-state index >= 15 is 0 Å². The Hall–Kier alpha value is -1.42. The molecule has 13 nitrogen and oxygen atoms in total. The van der Waals surface area contributed by atoms with Crippen LogP contribution in [-0.2, 0) is 23.8 Å². The van der Waals surface area contributed by atoms with Crippen LogP contribution in [-0.4, -0.2) is 112 Å². The van der Waals surface area contributed by atoms with Gasteiger partial charge in [0, 0.05) is 13.8 Å². The molecule has 9 N–H and O–H groups in total. The number of aliphatic hydroxyl groups excluding tert-OH is 5. The van der Waals surface area contributed by atoms with E-state index in [9.17, 15) is 35.1 Å². The lowest BCUT2D eigenvalue weighted by molar-refractivity contribution is -0.314. The maximum absolute atomic E-state index is 11.5. The van der Waals surface area contributed by atoms with Crippen molar-refractivity contribution in [2.45, 2.75) is 75.1 Å². The molecule has 0 radical (unpaired) electrons. The van der Waals surface area contributed by atoms with Crippen LogP contribution in [0, 0.1) is 0 Å². The molecule has 29 heavy (non-hydrogen) atoms. The first kappa shape index (κ1) is 23.9. The van der Waals surface area contributed by atoms with E-state index in [1.165, 1.54) is 13.8 Å². The number of aliphatic hydroxyl groups is 5. The van der Waals surface area contributed by atoms with Crippen molar-refractivity contribution in [3.8, 4) is 0 Å². The highest BCUT2D eigenvalue weighted by Crippen LogP contribution is 2.28. The van der Waals surface area contributed by atoms with E-state index < -0.39 is 86.3 Å². The van der Waals surface area contributed by atoms with Crippen molar-refractivity contribution < 1.29 is 49.3 Å². The minimum Gasteiger partial charge on any atom is -0.394 e.